The summed E-state index contributed by atoms with van der Waals surface area (Å²) in [6, 6.07) is 8.75. The summed E-state index contributed by atoms with van der Waals surface area (Å²) in [5.41, 5.74) is 3.71. The van der Waals surface area contributed by atoms with Crippen molar-refractivity contribution in [3.05, 3.63) is 51.5 Å². The molecule has 0 saturated carbocycles. The normalized spacial score (nSPS) is 18.0. The third-order valence-corrected chi connectivity index (χ3v) is 5.65. The van der Waals surface area contributed by atoms with Crippen molar-refractivity contribution in [3.8, 4) is 0 Å². The van der Waals surface area contributed by atoms with Gasteiger partial charge in [0.2, 0.25) is 0 Å². The number of thiazole rings is 1. The zero-order valence-electron chi connectivity index (χ0n) is 17.8. The topological polar surface area (TPSA) is 61.8 Å². The molecular weight excluding hydrogens is 382 g/mol. The molecule has 0 aliphatic carbocycles. The second kappa shape index (κ2) is 11.3. The third-order valence-electron chi connectivity index (χ3n) is 4.83. The van der Waals surface area contributed by atoms with Crippen LogP contribution in [0, 0.1) is 6.92 Å². The molecule has 6 nitrogen and oxygen atoms in total. The van der Waals surface area contributed by atoms with Crippen LogP contribution in [-0.4, -0.2) is 54.7 Å². The van der Waals surface area contributed by atoms with Crippen molar-refractivity contribution in [2.75, 3.05) is 32.8 Å². The number of nitrogens with one attached hydrogen (secondary N) is 2. The van der Waals surface area contributed by atoms with E-state index >= 15 is 0 Å². The summed E-state index contributed by atoms with van der Waals surface area (Å²) in [5.74, 6) is 0.854. The van der Waals surface area contributed by atoms with Crippen molar-refractivity contribution in [2.24, 2.45) is 4.99 Å². The van der Waals surface area contributed by atoms with Gasteiger partial charge in [-0.2, -0.15) is 0 Å². The van der Waals surface area contributed by atoms with Gasteiger partial charge in [-0.05, 0) is 31.9 Å². The van der Waals surface area contributed by atoms with E-state index in [4.69, 9.17) is 9.73 Å². The van der Waals surface area contributed by atoms with Crippen LogP contribution in [0.4, 0.5) is 0 Å². The van der Waals surface area contributed by atoms with Crippen LogP contribution in [0.5, 0.6) is 0 Å². The molecule has 0 spiro atoms. The Balaban J connectivity index is 1.52. The monoisotopic (exact) mass is 415 g/mol. The number of rotatable bonds is 8. The molecule has 7 heteroatoms. The van der Waals surface area contributed by atoms with Crippen molar-refractivity contribution >= 4 is 17.3 Å². The minimum absolute atomic E-state index is 0.318. The van der Waals surface area contributed by atoms with Gasteiger partial charge in [0.1, 0.15) is 0 Å². The Kier molecular flexibility index (Phi) is 8.46. The molecule has 1 saturated heterocycles. The van der Waals surface area contributed by atoms with Crippen molar-refractivity contribution in [2.45, 2.75) is 46.4 Å². The average molecular weight is 416 g/mol. The lowest BCUT2D eigenvalue weighted by atomic mass is 10.1. The molecule has 158 valence electrons. The average Bonchev–Trinajstić information content (AvgIpc) is 3.11. The summed E-state index contributed by atoms with van der Waals surface area (Å²) < 4.78 is 5.64. The van der Waals surface area contributed by atoms with Gasteiger partial charge in [-0.25, -0.2) is 9.98 Å². The van der Waals surface area contributed by atoms with E-state index in [1.165, 1.54) is 11.1 Å². The van der Waals surface area contributed by atoms with Gasteiger partial charge < -0.3 is 15.4 Å². The number of morpholine rings is 1. The zero-order valence-corrected chi connectivity index (χ0v) is 18.6. The number of ether oxygens (including phenoxy) is 1. The van der Waals surface area contributed by atoms with E-state index in [0.29, 0.717) is 12.6 Å². The number of benzene rings is 1. The number of guanidine groups is 1. The summed E-state index contributed by atoms with van der Waals surface area (Å²) in [5, 5.41) is 9.99. The summed E-state index contributed by atoms with van der Waals surface area (Å²) in [4.78, 5) is 11.7. The first-order valence-electron chi connectivity index (χ1n) is 10.5. The quantitative estimate of drug-likeness (QED) is 0.513. The van der Waals surface area contributed by atoms with Gasteiger partial charge in [-0.1, -0.05) is 24.3 Å². The summed E-state index contributed by atoms with van der Waals surface area (Å²) in [6.07, 6.45) is 1.22. The molecule has 1 atom stereocenters. The molecule has 2 heterocycles. The molecule has 2 N–H and O–H groups in total. The first kappa shape index (κ1) is 21.7. The molecule has 1 aromatic carbocycles. The molecule has 1 aliphatic heterocycles. The van der Waals surface area contributed by atoms with Gasteiger partial charge >= 0.3 is 0 Å². The predicted octanol–water partition coefficient (Wildman–Crippen LogP) is 2.97. The Morgan fingerprint density at radius 2 is 2.21 bits per heavy atom. The Bertz CT molecular complexity index is 791. The maximum absolute atomic E-state index is 5.64. The Labute approximate surface area is 178 Å². The maximum Gasteiger partial charge on any atom is 0.191 e. The van der Waals surface area contributed by atoms with Crippen LogP contribution in [0.15, 0.2) is 34.6 Å². The molecule has 1 fully saturated rings. The molecular formula is C22H33N5OS. The fraction of sp³-hybridized carbons (Fsp3) is 0.545. The van der Waals surface area contributed by atoms with Gasteiger partial charge in [-0.15, -0.1) is 11.3 Å². The summed E-state index contributed by atoms with van der Waals surface area (Å²) >= 11 is 1.70. The molecule has 1 unspecified atom stereocenters. The van der Waals surface area contributed by atoms with E-state index in [-0.39, 0.29) is 0 Å². The summed E-state index contributed by atoms with van der Waals surface area (Å²) in [6.45, 7) is 12.4. The smallest absolute Gasteiger partial charge is 0.191 e. The second-order valence-electron chi connectivity index (χ2n) is 7.47. The van der Waals surface area contributed by atoms with E-state index in [9.17, 15) is 0 Å². The SMILES string of the molecule is CCNC(=NCc1cccc(CN2CCOC(C)C2)c1)NCCc1csc(C)n1. The van der Waals surface area contributed by atoms with Crippen LogP contribution >= 0.6 is 11.3 Å². The number of hydrogen-bond donors (Lipinski definition) is 2. The van der Waals surface area contributed by atoms with Crippen LogP contribution < -0.4 is 10.6 Å². The Hall–Kier alpha value is -1.96. The number of aromatic nitrogens is 1. The number of nitrogens with zero attached hydrogens (tertiary/aromatic N) is 3. The van der Waals surface area contributed by atoms with Crippen molar-refractivity contribution < 1.29 is 4.74 Å². The first-order valence-corrected chi connectivity index (χ1v) is 11.4. The maximum atomic E-state index is 5.64. The second-order valence-corrected chi connectivity index (χ2v) is 8.53. The van der Waals surface area contributed by atoms with Crippen molar-refractivity contribution in [3.63, 3.8) is 0 Å². The minimum Gasteiger partial charge on any atom is -0.376 e. The fourth-order valence-electron chi connectivity index (χ4n) is 3.46. The number of aliphatic imine (C=N–C) groups is 1. The highest BCUT2D eigenvalue weighted by Crippen LogP contribution is 2.13. The zero-order chi connectivity index (χ0) is 20.5. The highest BCUT2D eigenvalue weighted by molar-refractivity contribution is 7.09. The molecule has 0 bridgehead atoms. The molecule has 29 heavy (non-hydrogen) atoms. The van der Waals surface area contributed by atoms with Gasteiger partial charge in [0.25, 0.3) is 0 Å². The molecule has 0 radical (unpaired) electrons. The van der Waals surface area contributed by atoms with E-state index < -0.39 is 0 Å². The lowest BCUT2D eigenvalue weighted by Crippen LogP contribution is -2.40. The Morgan fingerprint density at radius 3 is 2.97 bits per heavy atom. The van der Waals surface area contributed by atoms with E-state index in [1.54, 1.807) is 11.3 Å². The lowest BCUT2D eigenvalue weighted by molar-refractivity contribution is -0.0212. The van der Waals surface area contributed by atoms with Crippen LogP contribution in [0.3, 0.4) is 0 Å². The molecule has 1 aromatic heterocycles. The fourth-order valence-corrected chi connectivity index (χ4v) is 4.11. The van der Waals surface area contributed by atoms with Gasteiger partial charge in [0.15, 0.2) is 5.96 Å². The van der Waals surface area contributed by atoms with Crippen LogP contribution in [0.2, 0.25) is 0 Å². The molecule has 1 aliphatic rings. The van der Waals surface area contributed by atoms with Gasteiger partial charge in [0.05, 0.1) is 30.0 Å². The molecule has 3 rings (SSSR count). The van der Waals surface area contributed by atoms with E-state index in [1.807, 2.05) is 6.92 Å². The highest BCUT2D eigenvalue weighted by Gasteiger charge is 2.16. The van der Waals surface area contributed by atoms with Crippen LogP contribution in [0.25, 0.3) is 0 Å². The summed E-state index contributed by atoms with van der Waals surface area (Å²) in [7, 11) is 0. The highest BCUT2D eigenvalue weighted by atomic mass is 32.1. The van der Waals surface area contributed by atoms with Gasteiger partial charge in [-0.3, -0.25) is 4.90 Å². The molecule has 0 amide bonds. The lowest BCUT2D eigenvalue weighted by Gasteiger charge is -2.31. The standard InChI is InChI=1S/C22H33N5OS/c1-4-23-22(24-9-8-21-16-29-18(3)26-21)25-13-19-6-5-7-20(12-19)15-27-10-11-28-17(2)14-27/h5-7,12,16-17H,4,8-11,13-15H2,1-3H3,(H2,23,24,25). The number of aryl methyl sites for hydroxylation is 1. The van der Waals surface area contributed by atoms with Crippen molar-refractivity contribution in [1.29, 1.82) is 0 Å². The Morgan fingerprint density at radius 1 is 1.34 bits per heavy atom. The van der Waals surface area contributed by atoms with E-state index in [2.05, 4.69) is 64.0 Å². The number of hydrogen-bond acceptors (Lipinski definition) is 5. The van der Waals surface area contributed by atoms with E-state index in [0.717, 1.165) is 62.4 Å². The molecule has 2 aromatic rings. The first-order chi connectivity index (χ1) is 14.1. The van der Waals surface area contributed by atoms with Crippen LogP contribution in [-0.2, 0) is 24.2 Å². The third kappa shape index (κ3) is 7.42. The van der Waals surface area contributed by atoms with Gasteiger partial charge in [0, 0.05) is 44.5 Å². The minimum atomic E-state index is 0.318. The van der Waals surface area contributed by atoms with Crippen molar-refractivity contribution in [1.82, 2.24) is 20.5 Å². The van der Waals surface area contributed by atoms with Crippen LogP contribution in [0.1, 0.15) is 35.7 Å². The predicted molar refractivity (Wildman–Crippen MR) is 121 cm³/mol. The largest absolute Gasteiger partial charge is 0.376 e.